The van der Waals surface area contributed by atoms with Crippen molar-refractivity contribution in [3.63, 3.8) is 0 Å². The molecule has 1 amide bonds. The number of nitrogens with two attached hydrogens (primary N) is 1. The summed E-state index contributed by atoms with van der Waals surface area (Å²) in [6.07, 6.45) is 1.08. The van der Waals surface area contributed by atoms with Gasteiger partial charge in [-0.05, 0) is 37.7 Å². The number of benzene rings is 1. The zero-order valence-corrected chi connectivity index (χ0v) is 11.6. The van der Waals surface area contributed by atoms with Crippen molar-refractivity contribution in [3.8, 4) is 0 Å². The van der Waals surface area contributed by atoms with Gasteiger partial charge in [0, 0.05) is 18.8 Å². The molecule has 0 heterocycles. The smallest absolute Gasteiger partial charge is 0.254 e. The van der Waals surface area contributed by atoms with Crippen molar-refractivity contribution in [2.24, 2.45) is 0 Å². The zero-order chi connectivity index (χ0) is 14.3. The van der Waals surface area contributed by atoms with Gasteiger partial charge in [-0.2, -0.15) is 0 Å². The Bertz CT molecular complexity index is 423. The van der Waals surface area contributed by atoms with Crippen molar-refractivity contribution in [3.05, 3.63) is 29.6 Å². The van der Waals surface area contributed by atoms with Crippen LogP contribution >= 0.6 is 0 Å². The van der Waals surface area contributed by atoms with Gasteiger partial charge in [0.2, 0.25) is 0 Å². The van der Waals surface area contributed by atoms with Gasteiger partial charge in [-0.25, -0.2) is 4.39 Å². The van der Waals surface area contributed by atoms with Gasteiger partial charge in [0.15, 0.2) is 0 Å². The van der Waals surface area contributed by atoms with E-state index in [1.54, 1.807) is 0 Å². The quantitative estimate of drug-likeness (QED) is 0.741. The van der Waals surface area contributed by atoms with Crippen molar-refractivity contribution in [2.45, 2.75) is 20.3 Å². The largest absolute Gasteiger partial charge is 0.399 e. The lowest BCUT2D eigenvalue weighted by atomic mass is 10.2. The molecule has 0 bridgehead atoms. The molecule has 0 fully saturated rings. The molecule has 0 atom stereocenters. The maximum absolute atomic E-state index is 13.5. The Morgan fingerprint density at radius 3 is 2.74 bits per heavy atom. The predicted molar refractivity (Wildman–Crippen MR) is 75.6 cm³/mol. The third kappa shape index (κ3) is 4.87. The molecule has 0 aliphatic heterocycles. The van der Waals surface area contributed by atoms with Gasteiger partial charge < -0.3 is 16.0 Å². The maximum atomic E-state index is 13.5. The highest BCUT2D eigenvalue weighted by atomic mass is 19.1. The fourth-order valence-corrected chi connectivity index (χ4v) is 1.88. The van der Waals surface area contributed by atoms with Gasteiger partial charge >= 0.3 is 0 Å². The lowest BCUT2D eigenvalue weighted by Crippen LogP contribution is -2.35. The number of likely N-dealkylation sites (N-methyl/N-ethyl adjacent to an activating group) is 1. The lowest BCUT2D eigenvalue weighted by molar-refractivity contribution is 0.0944. The molecule has 3 N–H and O–H groups in total. The molecule has 0 saturated carbocycles. The summed E-state index contributed by atoms with van der Waals surface area (Å²) in [5.74, 6) is -0.968. The molecule has 0 aliphatic rings. The van der Waals surface area contributed by atoms with E-state index in [2.05, 4.69) is 24.1 Å². The minimum atomic E-state index is -0.549. The van der Waals surface area contributed by atoms with Crippen LogP contribution in [0.4, 0.5) is 10.1 Å². The summed E-state index contributed by atoms with van der Waals surface area (Å²) < 4.78 is 13.5. The molecule has 5 heteroatoms. The second-order valence-electron chi connectivity index (χ2n) is 4.43. The fraction of sp³-hybridized carbons (Fsp3) is 0.500. The summed E-state index contributed by atoms with van der Waals surface area (Å²) in [7, 11) is 0. The molecule has 0 aromatic heterocycles. The molecule has 19 heavy (non-hydrogen) atoms. The van der Waals surface area contributed by atoms with Crippen LogP contribution in [0.5, 0.6) is 0 Å². The van der Waals surface area contributed by atoms with Crippen LogP contribution in [0.15, 0.2) is 18.2 Å². The molecular formula is C14H22FN3O. The van der Waals surface area contributed by atoms with Gasteiger partial charge in [-0.3, -0.25) is 4.79 Å². The van der Waals surface area contributed by atoms with Crippen LogP contribution in [0.3, 0.4) is 0 Å². The number of nitrogens with one attached hydrogen (secondary N) is 1. The standard InChI is InChI=1S/C14H22FN3O/c1-3-8-18(4-2)9-7-17-14(19)12-10-11(16)5-6-13(12)15/h5-6,10H,3-4,7-9,16H2,1-2H3,(H,17,19). The first-order chi connectivity index (χ1) is 9.08. The first kappa shape index (κ1) is 15.4. The van der Waals surface area contributed by atoms with Gasteiger partial charge in [0.05, 0.1) is 5.56 Å². The fourth-order valence-electron chi connectivity index (χ4n) is 1.88. The summed E-state index contributed by atoms with van der Waals surface area (Å²) in [6, 6.07) is 4.00. The summed E-state index contributed by atoms with van der Waals surface area (Å²) >= 11 is 0. The highest BCUT2D eigenvalue weighted by Crippen LogP contribution is 2.11. The number of anilines is 1. The van der Waals surface area contributed by atoms with E-state index in [1.807, 2.05) is 0 Å². The molecule has 0 saturated heterocycles. The minimum Gasteiger partial charge on any atom is -0.399 e. The Morgan fingerprint density at radius 1 is 1.37 bits per heavy atom. The molecule has 0 unspecified atom stereocenters. The normalized spacial score (nSPS) is 10.7. The highest BCUT2D eigenvalue weighted by Gasteiger charge is 2.11. The van der Waals surface area contributed by atoms with E-state index in [1.165, 1.54) is 18.2 Å². The SMILES string of the molecule is CCCN(CC)CCNC(=O)c1cc(N)ccc1F. The minimum absolute atomic E-state index is 0.00135. The van der Waals surface area contributed by atoms with E-state index in [-0.39, 0.29) is 5.56 Å². The van der Waals surface area contributed by atoms with Crippen LogP contribution in [0.25, 0.3) is 0 Å². The number of rotatable bonds is 7. The number of carbonyl (C=O) groups is 1. The van der Waals surface area contributed by atoms with E-state index in [9.17, 15) is 9.18 Å². The summed E-state index contributed by atoms with van der Waals surface area (Å²) in [4.78, 5) is 14.1. The van der Waals surface area contributed by atoms with Crippen molar-refractivity contribution < 1.29 is 9.18 Å². The third-order valence-corrected chi connectivity index (χ3v) is 2.94. The highest BCUT2D eigenvalue weighted by molar-refractivity contribution is 5.95. The second kappa shape index (κ2) is 7.74. The van der Waals surface area contributed by atoms with Crippen LogP contribution in [0.2, 0.25) is 0 Å². The topological polar surface area (TPSA) is 58.4 Å². The number of amides is 1. The number of nitrogen functional groups attached to an aromatic ring is 1. The lowest BCUT2D eigenvalue weighted by Gasteiger charge is -2.19. The molecule has 0 radical (unpaired) electrons. The van der Waals surface area contributed by atoms with E-state index >= 15 is 0 Å². The molecular weight excluding hydrogens is 245 g/mol. The van der Waals surface area contributed by atoms with Crippen molar-refractivity contribution >= 4 is 11.6 Å². The Labute approximate surface area is 113 Å². The molecule has 4 nitrogen and oxygen atoms in total. The number of hydrogen-bond acceptors (Lipinski definition) is 3. The third-order valence-electron chi connectivity index (χ3n) is 2.94. The Kier molecular flexibility index (Phi) is 6.29. The van der Waals surface area contributed by atoms with Crippen LogP contribution in [-0.4, -0.2) is 37.0 Å². The van der Waals surface area contributed by atoms with Gasteiger partial charge in [-0.1, -0.05) is 13.8 Å². The molecule has 0 spiro atoms. The second-order valence-corrected chi connectivity index (χ2v) is 4.43. The van der Waals surface area contributed by atoms with Crippen LogP contribution in [0, 0.1) is 5.82 Å². The number of carbonyl (C=O) groups excluding carboxylic acids is 1. The van der Waals surface area contributed by atoms with Crippen LogP contribution in [0.1, 0.15) is 30.6 Å². The van der Waals surface area contributed by atoms with E-state index in [0.717, 1.165) is 26.1 Å². The van der Waals surface area contributed by atoms with Crippen LogP contribution in [-0.2, 0) is 0 Å². The molecule has 1 rings (SSSR count). The maximum Gasteiger partial charge on any atom is 0.254 e. The molecule has 0 aliphatic carbocycles. The van der Waals surface area contributed by atoms with Crippen molar-refractivity contribution in [1.82, 2.24) is 10.2 Å². The van der Waals surface area contributed by atoms with Gasteiger partial charge in [0.1, 0.15) is 5.82 Å². The zero-order valence-electron chi connectivity index (χ0n) is 11.6. The average Bonchev–Trinajstić information content (AvgIpc) is 2.40. The predicted octanol–water partition coefficient (Wildman–Crippen LogP) is 1.87. The molecule has 1 aromatic carbocycles. The van der Waals surface area contributed by atoms with Crippen LogP contribution < -0.4 is 11.1 Å². The Hall–Kier alpha value is -1.62. The number of halogens is 1. The van der Waals surface area contributed by atoms with E-state index < -0.39 is 11.7 Å². The summed E-state index contributed by atoms with van der Waals surface area (Å²) in [5.41, 5.74) is 5.93. The monoisotopic (exact) mass is 267 g/mol. The van der Waals surface area contributed by atoms with Crippen molar-refractivity contribution in [2.75, 3.05) is 31.9 Å². The average molecular weight is 267 g/mol. The first-order valence-corrected chi connectivity index (χ1v) is 6.64. The Balaban J connectivity index is 2.49. The van der Waals surface area contributed by atoms with Crippen molar-refractivity contribution in [1.29, 1.82) is 0 Å². The van der Waals surface area contributed by atoms with E-state index in [0.29, 0.717) is 12.2 Å². The number of hydrogen-bond donors (Lipinski definition) is 2. The number of nitrogens with zero attached hydrogens (tertiary/aromatic N) is 1. The van der Waals surface area contributed by atoms with E-state index in [4.69, 9.17) is 5.73 Å². The van der Waals surface area contributed by atoms with Gasteiger partial charge in [-0.15, -0.1) is 0 Å². The van der Waals surface area contributed by atoms with Gasteiger partial charge in [0.25, 0.3) is 5.91 Å². The molecule has 1 aromatic rings. The summed E-state index contributed by atoms with van der Waals surface area (Å²) in [5, 5.41) is 2.71. The first-order valence-electron chi connectivity index (χ1n) is 6.64. The molecule has 106 valence electrons. The summed E-state index contributed by atoms with van der Waals surface area (Å²) in [6.45, 7) is 7.40. The Morgan fingerprint density at radius 2 is 2.11 bits per heavy atom.